The van der Waals surface area contributed by atoms with Crippen LogP contribution in [0.3, 0.4) is 0 Å². The second kappa shape index (κ2) is 8.49. The van der Waals surface area contributed by atoms with Gasteiger partial charge in [0, 0.05) is 49.7 Å². The molecule has 0 aliphatic heterocycles. The van der Waals surface area contributed by atoms with Crippen LogP contribution in [-0.2, 0) is 21.2 Å². The highest BCUT2D eigenvalue weighted by Gasteiger charge is 2.19. The van der Waals surface area contributed by atoms with E-state index in [4.69, 9.17) is 0 Å². The number of carbonyl (C=O) groups is 1. The van der Waals surface area contributed by atoms with Crippen molar-refractivity contribution in [3.8, 4) is 0 Å². The van der Waals surface area contributed by atoms with E-state index in [9.17, 15) is 13.2 Å². The maximum absolute atomic E-state index is 12.1. The maximum Gasteiger partial charge on any atom is 0.223 e. The van der Waals surface area contributed by atoms with Gasteiger partial charge in [0.25, 0.3) is 0 Å². The Hall–Kier alpha value is -1.86. The Morgan fingerprint density at radius 3 is 2.44 bits per heavy atom. The molecule has 1 aromatic heterocycles. The van der Waals surface area contributed by atoms with Crippen LogP contribution < -0.4 is 0 Å². The largest absolute Gasteiger partial charge is 0.361 e. The van der Waals surface area contributed by atoms with Crippen molar-refractivity contribution in [2.24, 2.45) is 0 Å². The summed E-state index contributed by atoms with van der Waals surface area (Å²) in [7, 11) is -3.35. The van der Waals surface area contributed by atoms with E-state index in [1.54, 1.807) is 4.90 Å². The lowest BCUT2D eigenvalue weighted by Gasteiger charge is -2.23. The van der Waals surface area contributed by atoms with E-state index in [1.807, 2.05) is 44.3 Å². The molecule has 138 valence electrons. The lowest BCUT2D eigenvalue weighted by molar-refractivity contribution is -0.130. The van der Waals surface area contributed by atoms with Crippen molar-refractivity contribution in [2.45, 2.75) is 26.7 Å². The second-order valence-corrected chi connectivity index (χ2v) is 8.07. The Kier molecular flexibility index (Phi) is 6.61. The predicted molar refractivity (Wildman–Crippen MR) is 101 cm³/mol. The van der Waals surface area contributed by atoms with Gasteiger partial charge in [-0.2, -0.15) is 0 Å². The Bertz CT molecular complexity index is 810. The number of sulfonamides is 1. The molecule has 25 heavy (non-hydrogen) atoms. The number of hydrogen-bond acceptors (Lipinski definition) is 3. The molecule has 1 N–H and O–H groups in total. The summed E-state index contributed by atoms with van der Waals surface area (Å²) in [6.45, 7) is 5.72. The van der Waals surface area contributed by atoms with Gasteiger partial charge in [0.1, 0.15) is 0 Å². The van der Waals surface area contributed by atoms with Crippen LogP contribution in [0, 0.1) is 0 Å². The standard InChI is InChI=1S/C18H27N3O3S/c1-4-20(5-2)18(22)11-13-21(25(3,23)24)12-10-15-14-19-17-9-7-6-8-16(15)17/h6-9,14,19H,4-5,10-13H2,1-3H3. The summed E-state index contributed by atoms with van der Waals surface area (Å²) in [4.78, 5) is 17.1. The molecule has 2 rings (SSSR count). The molecule has 0 fully saturated rings. The zero-order valence-corrected chi connectivity index (χ0v) is 16.0. The van der Waals surface area contributed by atoms with Gasteiger partial charge in [-0.25, -0.2) is 12.7 Å². The molecule has 1 amide bonds. The van der Waals surface area contributed by atoms with Crippen molar-refractivity contribution < 1.29 is 13.2 Å². The van der Waals surface area contributed by atoms with Crippen LogP contribution in [0.15, 0.2) is 30.5 Å². The molecule has 1 heterocycles. The van der Waals surface area contributed by atoms with Crippen LogP contribution in [-0.4, -0.2) is 60.9 Å². The predicted octanol–water partition coefficient (Wildman–Crippen LogP) is 2.23. The van der Waals surface area contributed by atoms with Crippen LogP contribution in [0.5, 0.6) is 0 Å². The number of nitrogens with zero attached hydrogens (tertiary/aromatic N) is 2. The van der Waals surface area contributed by atoms with Crippen molar-refractivity contribution in [1.82, 2.24) is 14.2 Å². The van der Waals surface area contributed by atoms with Gasteiger partial charge in [-0.15, -0.1) is 0 Å². The summed E-state index contributed by atoms with van der Waals surface area (Å²) in [6.07, 6.45) is 3.94. The van der Waals surface area contributed by atoms with Gasteiger partial charge < -0.3 is 9.88 Å². The topological polar surface area (TPSA) is 73.5 Å². The Morgan fingerprint density at radius 2 is 1.80 bits per heavy atom. The molecule has 7 heteroatoms. The van der Waals surface area contributed by atoms with E-state index < -0.39 is 10.0 Å². The Balaban J connectivity index is 2.02. The zero-order chi connectivity index (χ0) is 18.4. The van der Waals surface area contributed by atoms with E-state index in [-0.39, 0.29) is 18.9 Å². The number of para-hydroxylation sites is 1. The van der Waals surface area contributed by atoms with Crippen molar-refractivity contribution in [3.63, 3.8) is 0 Å². The molecule has 0 radical (unpaired) electrons. The highest BCUT2D eigenvalue weighted by molar-refractivity contribution is 7.88. The molecule has 0 bridgehead atoms. The van der Waals surface area contributed by atoms with Crippen LogP contribution in [0.1, 0.15) is 25.8 Å². The fourth-order valence-electron chi connectivity index (χ4n) is 2.98. The molecular formula is C18H27N3O3S. The smallest absolute Gasteiger partial charge is 0.223 e. The van der Waals surface area contributed by atoms with Gasteiger partial charge in [0.2, 0.25) is 15.9 Å². The van der Waals surface area contributed by atoms with Crippen molar-refractivity contribution in [3.05, 3.63) is 36.0 Å². The lowest BCUT2D eigenvalue weighted by atomic mass is 10.1. The van der Waals surface area contributed by atoms with E-state index in [0.29, 0.717) is 26.1 Å². The maximum atomic E-state index is 12.1. The van der Waals surface area contributed by atoms with E-state index >= 15 is 0 Å². The third kappa shape index (κ3) is 5.06. The first-order chi connectivity index (χ1) is 11.9. The van der Waals surface area contributed by atoms with Crippen LogP contribution in [0.4, 0.5) is 0 Å². The normalized spacial score (nSPS) is 12.0. The van der Waals surface area contributed by atoms with Gasteiger partial charge in [-0.05, 0) is 31.9 Å². The average Bonchev–Trinajstić information content (AvgIpc) is 2.98. The fourth-order valence-corrected chi connectivity index (χ4v) is 3.83. The van der Waals surface area contributed by atoms with E-state index in [1.165, 1.54) is 10.6 Å². The van der Waals surface area contributed by atoms with Gasteiger partial charge >= 0.3 is 0 Å². The van der Waals surface area contributed by atoms with Gasteiger partial charge in [-0.1, -0.05) is 18.2 Å². The molecule has 0 spiro atoms. The first kappa shape index (κ1) is 19.5. The molecule has 0 atom stereocenters. The van der Waals surface area contributed by atoms with Gasteiger partial charge in [0.05, 0.1) is 6.26 Å². The van der Waals surface area contributed by atoms with Crippen molar-refractivity contribution in [1.29, 1.82) is 0 Å². The summed E-state index contributed by atoms with van der Waals surface area (Å²) in [5, 5.41) is 1.11. The summed E-state index contributed by atoms with van der Waals surface area (Å²) in [6, 6.07) is 7.95. The van der Waals surface area contributed by atoms with Gasteiger partial charge in [-0.3, -0.25) is 4.79 Å². The number of hydrogen-bond donors (Lipinski definition) is 1. The highest BCUT2D eigenvalue weighted by Crippen LogP contribution is 2.18. The average molecular weight is 365 g/mol. The molecule has 0 saturated heterocycles. The molecular weight excluding hydrogens is 338 g/mol. The molecule has 0 saturated carbocycles. The number of H-pyrrole nitrogens is 1. The number of aromatic nitrogens is 1. The third-order valence-corrected chi connectivity index (χ3v) is 5.77. The fraction of sp³-hybridized carbons (Fsp3) is 0.500. The summed E-state index contributed by atoms with van der Waals surface area (Å²) in [5.41, 5.74) is 2.12. The van der Waals surface area contributed by atoms with E-state index in [0.717, 1.165) is 16.5 Å². The summed E-state index contributed by atoms with van der Waals surface area (Å²) in [5.74, 6) is -0.00857. The molecule has 0 aliphatic carbocycles. The monoisotopic (exact) mass is 365 g/mol. The summed E-state index contributed by atoms with van der Waals surface area (Å²) >= 11 is 0. The molecule has 6 nitrogen and oxygen atoms in total. The molecule has 1 aromatic carbocycles. The highest BCUT2D eigenvalue weighted by atomic mass is 32.2. The van der Waals surface area contributed by atoms with Crippen LogP contribution >= 0.6 is 0 Å². The van der Waals surface area contributed by atoms with Crippen LogP contribution in [0.2, 0.25) is 0 Å². The van der Waals surface area contributed by atoms with Crippen molar-refractivity contribution >= 4 is 26.8 Å². The SMILES string of the molecule is CCN(CC)C(=O)CCN(CCc1c[nH]c2ccccc12)S(C)(=O)=O. The number of amides is 1. The van der Waals surface area contributed by atoms with Crippen LogP contribution in [0.25, 0.3) is 10.9 Å². The quantitative estimate of drug-likeness (QED) is 0.740. The second-order valence-electron chi connectivity index (χ2n) is 6.09. The minimum Gasteiger partial charge on any atom is -0.361 e. The Morgan fingerprint density at radius 1 is 1.12 bits per heavy atom. The number of nitrogens with one attached hydrogen (secondary N) is 1. The number of aromatic amines is 1. The number of carbonyl (C=O) groups excluding carboxylic acids is 1. The first-order valence-electron chi connectivity index (χ1n) is 8.64. The minimum atomic E-state index is -3.35. The lowest BCUT2D eigenvalue weighted by Crippen LogP contribution is -2.37. The number of benzene rings is 1. The van der Waals surface area contributed by atoms with Crippen molar-refractivity contribution in [2.75, 3.05) is 32.4 Å². The molecule has 0 aliphatic rings. The molecule has 0 unspecified atom stereocenters. The summed E-state index contributed by atoms with van der Waals surface area (Å²) < 4.78 is 25.5. The minimum absolute atomic E-state index is 0.00857. The first-order valence-corrected chi connectivity index (χ1v) is 10.5. The number of fused-ring (bicyclic) bond motifs is 1. The zero-order valence-electron chi connectivity index (χ0n) is 15.2. The van der Waals surface area contributed by atoms with E-state index in [2.05, 4.69) is 4.98 Å². The number of rotatable bonds is 9. The van der Waals surface area contributed by atoms with Gasteiger partial charge in [0.15, 0.2) is 0 Å². The third-order valence-electron chi connectivity index (χ3n) is 4.47. The molecule has 2 aromatic rings. The Labute approximate surface area is 149 Å².